The number of aromatic amines is 1. The Bertz CT molecular complexity index is 1000. The van der Waals surface area contributed by atoms with E-state index in [4.69, 9.17) is 5.73 Å². The van der Waals surface area contributed by atoms with E-state index in [0.29, 0.717) is 5.69 Å². The molecule has 25 heavy (non-hydrogen) atoms. The van der Waals surface area contributed by atoms with Gasteiger partial charge in [0.1, 0.15) is 11.9 Å². The van der Waals surface area contributed by atoms with E-state index >= 15 is 0 Å². The molecule has 0 spiro atoms. The summed E-state index contributed by atoms with van der Waals surface area (Å²) >= 11 is 0. The fourth-order valence-corrected chi connectivity index (χ4v) is 2.96. The Morgan fingerprint density at radius 3 is 2.64 bits per heavy atom. The third kappa shape index (κ3) is 2.49. The van der Waals surface area contributed by atoms with Crippen LogP contribution in [0.4, 0.5) is 17.1 Å². The average Bonchev–Trinajstić information content (AvgIpc) is 3.02. The van der Waals surface area contributed by atoms with Gasteiger partial charge in [-0.3, -0.25) is 14.8 Å². The van der Waals surface area contributed by atoms with Crippen LogP contribution in [-0.2, 0) is 0 Å². The largest absolute Gasteiger partial charge is 0.364 e. The van der Waals surface area contributed by atoms with Crippen LogP contribution in [0.2, 0.25) is 0 Å². The number of H-pyrrole nitrogens is 1. The molecule has 8 heteroatoms. The molecular formula is C17H14N6O2. The zero-order valence-corrected chi connectivity index (χ0v) is 13.0. The van der Waals surface area contributed by atoms with Crippen molar-refractivity contribution in [1.29, 1.82) is 0 Å². The van der Waals surface area contributed by atoms with E-state index in [9.17, 15) is 9.59 Å². The SMILES string of the molecule is NC(=O)c1[nH]c(=O)ncc1N1c2ccccc2NC1c1ccncc1. The number of benzene rings is 1. The first kappa shape index (κ1) is 14.9. The lowest BCUT2D eigenvalue weighted by Gasteiger charge is -2.27. The van der Waals surface area contributed by atoms with E-state index in [1.165, 1.54) is 6.20 Å². The fraction of sp³-hybridized carbons (Fsp3) is 0.0588. The first-order valence-corrected chi connectivity index (χ1v) is 7.59. The zero-order chi connectivity index (χ0) is 17.4. The second kappa shape index (κ2) is 5.75. The molecule has 0 aliphatic carbocycles. The third-order valence-corrected chi connectivity index (χ3v) is 4.03. The summed E-state index contributed by atoms with van der Waals surface area (Å²) in [6.45, 7) is 0. The van der Waals surface area contributed by atoms with Gasteiger partial charge >= 0.3 is 5.69 Å². The molecule has 1 amide bonds. The summed E-state index contributed by atoms with van der Waals surface area (Å²) in [5.41, 5.74) is 7.95. The van der Waals surface area contributed by atoms with Crippen LogP contribution < -0.4 is 21.6 Å². The third-order valence-electron chi connectivity index (χ3n) is 4.03. The summed E-state index contributed by atoms with van der Waals surface area (Å²) < 4.78 is 0. The number of nitrogens with one attached hydrogen (secondary N) is 2. The molecule has 124 valence electrons. The zero-order valence-electron chi connectivity index (χ0n) is 13.0. The Balaban J connectivity index is 1.93. The van der Waals surface area contributed by atoms with Gasteiger partial charge in [-0.2, -0.15) is 4.98 Å². The van der Waals surface area contributed by atoms with Crippen molar-refractivity contribution in [1.82, 2.24) is 15.0 Å². The highest BCUT2D eigenvalue weighted by molar-refractivity contribution is 5.99. The number of fused-ring (bicyclic) bond motifs is 1. The molecular weight excluding hydrogens is 320 g/mol. The van der Waals surface area contributed by atoms with E-state index in [0.717, 1.165) is 16.9 Å². The second-order valence-electron chi connectivity index (χ2n) is 5.53. The summed E-state index contributed by atoms with van der Waals surface area (Å²) in [6, 6.07) is 11.4. The molecule has 2 aromatic heterocycles. The minimum absolute atomic E-state index is 0.0116. The van der Waals surface area contributed by atoms with E-state index in [2.05, 4.69) is 20.3 Å². The molecule has 1 aromatic carbocycles. The number of nitrogens with two attached hydrogens (primary N) is 1. The molecule has 8 nitrogen and oxygen atoms in total. The summed E-state index contributed by atoms with van der Waals surface area (Å²) in [6.07, 6.45) is 4.44. The molecule has 1 atom stereocenters. The van der Waals surface area contributed by atoms with Crippen molar-refractivity contribution in [2.75, 3.05) is 10.2 Å². The molecule has 3 aromatic rings. The predicted octanol–water partition coefficient (Wildman–Crippen LogP) is 1.53. The topological polar surface area (TPSA) is 117 Å². The molecule has 0 saturated heterocycles. The van der Waals surface area contributed by atoms with Crippen LogP contribution >= 0.6 is 0 Å². The summed E-state index contributed by atoms with van der Waals surface area (Å²) in [4.78, 5) is 35.5. The molecule has 3 heterocycles. The van der Waals surface area contributed by atoms with Crippen molar-refractivity contribution in [2.45, 2.75) is 6.17 Å². The highest BCUT2D eigenvalue weighted by Gasteiger charge is 2.33. The van der Waals surface area contributed by atoms with E-state index in [1.807, 2.05) is 41.3 Å². The minimum Gasteiger partial charge on any atom is -0.364 e. The van der Waals surface area contributed by atoms with Crippen molar-refractivity contribution >= 4 is 23.0 Å². The number of hydrogen-bond donors (Lipinski definition) is 3. The maximum Gasteiger partial charge on any atom is 0.345 e. The molecule has 0 saturated carbocycles. The van der Waals surface area contributed by atoms with Gasteiger partial charge in [0.05, 0.1) is 23.3 Å². The Morgan fingerprint density at radius 1 is 1.12 bits per heavy atom. The number of carbonyl (C=O) groups excluding carboxylic acids is 1. The number of primary amides is 1. The van der Waals surface area contributed by atoms with Crippen molar-refractivity contribution < 1.29 is 4.79 Å². The number of amides is 1. The van der Waals surface area contributed by atoms with Gasteiger partial charge in [0.2, 0.25) is 0 Å². The Hall–Kier alpha value is -3.68. The van der Waals surface area contributed by atoms with Crippen molar-refractivity contribution in [3.05, 3.63) is 76.7 Å². The van der Waals surface area contributed by atoms with E-state index in [-0.39, 0.29) is 11.9 Å². The van der Waals surface area contributed by atoms with Gasteiger partial charge in [-0.15, -0.1) is 0 Å². The number of nitrogens with zero attached hydrogens (tertiary/aromatic N) is 3. The van der Waals surface area contributed by atoms with Crippen molar-refractivity contribution in [3.63, 3.8) is 0 Å². The molecule has 4 N–H and O–H groups in total. The number of carbonyl (C=O) groups is 1. The molecule has 0 radical (unpaired) electrons. The van der Waals surface area contributed by atoms with Gasteiger partial charge < -0.3 is 16.0 Å². The van der Waals surface area contributed by atoms with E-state index in [1.54, 1.807) is 12.4 Å². The van der Waals surface area contributed by atoms with Crippen LogP contribution in [0.5, 0.6) is 0 Å². The Labute approximate surface area is 142 Å². The van der Waals surface area contributed by atoms with Crippen molar-refractivity contribution in [2.24, 2.45) is 5.73 Å². The Morgan fingerprint density at radius 2 is 1.88 bits per heavy atom. The maximum atomic E-state index is 11.9. The molecule has 1 aliphatic heterocycles. The van der Waals surface area contributed by atoms with Gasteiger partial charge in [0.25, 0.3) is 5.91 Å². The smallest absolute Gasteiger partial charge is 0.345 e. The van der Waals surface area contributed by atoms with Crippen LogP contribution in [0.25, 0.3) is 0 Å². The van der Waals surface area contributed by atoms with Crippen LogP contribution in [0.1, 0.15) is 22.2 Å². The highest BCUT2D eigenvalue weighted by Crippen LogP contribution is 2.45. The normalized spacial score (nSPS) is 15.5. The summed E-state index contributed by atoms with van der Waals surface area (Å²) in [5, 5.41) is 3.41. The van der Waals surface area contributed by atoms with Crippen LogP contribution in [0.3, 0.4) is 0 Å². The van der Waals surface area contributed by atoms with Gasteiger partial charge in [-0.1, -0.05) is 12.1 Å². The van der Waals surface area contributed by atoms with Crippen LogP contribution in [-0.4, -0.2) is 20.9 Å². The number of rotatable bonds is 3. The molecule has 1 aliphatic rings. The Kier molecular flexibility index (Phi) is 3.42. The quantitative estimate of drug-likeness (QED) is 0.668. The van der Waals surface area contributed by atoms with Crippen molar-refractivity contribution in [3.8, 4) is 0 Å². The monoisotopic (exact) mass is 334 g/mol. The minimum atomic E-state index is -0.729. The van der Waals surface area contributed by atoms with Gasteiger partial charge in [0.15, 0.2) is 0 Å². The average molecular weight is 334 g/mol. The number of aromatic nitrogens is 3. The summed E-state index contributed by atoms with van der Waals surface area (Å²) in [7, 11) is 0. The predicted molar refractivity (Wildman–Crippen MR) is 92.6 cm³/mol. The van der Waals surface area contributed by atoms with E-state index < -0.39 is 11.6 Å². The van der Waals surface area contributed by atoms with Crippen LogP contribution in [0, 0.1) is 0 Å². The second-order valence-corrected chi connectivity index (χ2v) is 5.53. The van der Waals surface area contributed by atoms with Gasteiger partial charge in [0, 0.05) is 12.4 Å². The summed E-state index contributed by atoms with van der Waals surface area (Å²) in [5.74, 6) is -0.729. The number of hydrogen-bond acceptors (Lipinski definition) is 6. The lowest BCUT2D eigenvalue weighted by molar-refractivity contribution is 0.0995. The first-order chi connectivity index (χ1) is 12.1. The molecule has 4 rings (SSSR count). The molecule has 1 unspecified atom stereocenters. The van der Waals surface area contributed by atoms with Gasteiger partial charge in [-0.05, 0) is 29.8 Å². The standard InChI is InChI=1S/C17H14N6O2/c18-15(24)14-13(9-20-17(25)22-14)23-12-4-2-1-3-11(12)21-16(23)10-5-7-19-8-6-10/h1-9,16,21H,(H2,18,24)(H,20,22,25). The maximum absolute atomic E-state index is 11.9. The number of para-hydroxylation sites is 2. The van der Waals surface area contributed by atoms with Crippen LogP contribution in [0.15, 0.2) is 59.8 Å². The number of anilines is 3. The lowest BCUT2D eigenvalue weighted by Crippen LogP contribution is -2.29. The fourth-order valence-electron chi connectivity index (χ4n) is 2.96. The highest BCUT2D eigenvalue weighted by atomic mass is 16.2. The molecule has 0 bridgehead atoms. The number of pyridine rings is 1. The first-order valence-electron chi connectivity index (χ1n) is 7.59. The van der Waals surface area contributed by atoms with Gasteiger partial charge in [-0.25, -0.2) is 4.79 Å². The molecule has 0 fully saturated rings. The lowest BCUT2D eigenvalue weighted by atomic mass is 10.1.